The Kier molecular flexibility index (Phi) is 4.87. The van der Waals surface area contributed by atoms with Crippen molar-refractivity contribution in [2.24, 2.45) is 0 Å². The first-order valence-electron chi connectivity index (χ1n) is 5.81. The van der Waals surface area contributed by atoms with E-state index in [-0.39, 0.29) is 0 Å². The zero-order valence-electron chi connectivity index (χ0n) is 10.9. The van der Waals surface area contributed by atoms with Gasteiger partial charge in [0, 0.05) is 23.2 Å². The summed E-state index contributed by atoms with van der Waals surface area (Å²) in [6, 6.07) is 2.49. The number of rotatable bonds is 5. The molecule has 3 nitrogen and oxygen atoms in total. The summed E-state index contributed by atoms with van der Waals surface area (Å²) in [5.74, 6) is 1.08. The molecule has 1 atom stereocenters. The molecule has 0 spiro atoms. The van der Waals surface area contributed by atoms with Gasteiger partial charge in [0.1, 0.15) is 0 Å². The van der Waals surface area contributed by atoms with Crippen LogP contribution in [0.15, 0.2) is 12.3 Å². The minimum Gasteiger partial charge on any atom is -0.311 e. The molecule has 0 aromatic carbocycles. The van der Waals surface area contributed by atoms with Crippen LogP contribution in [0.2, 0.25) is 0 Å². The Hall–Kier alpha value is -0.480. The normalized spacial score (nSPS) is 14.1. The molecule has 0 aliphatic carbocycles. The lowest BCUT2D eigenvalue weighted by molar-refractivity contribution is 0.548. The number of aryl methyl sites for hydroxylation is 1. The first kappa shape index (κ1) is 13.6. The highest BCUT2D eigenvalue weighted by molar-refractivity contribution is 8.00. The monoisotopic (exact) mass is 241 g/mol. The second-order valence-electron chi connectivity index (χ2n) is 4.84. The number of hydrogen-bond donors (Lipinski definition) is 1. The molecule has 4 heteroatoms. The maximum Gasteiger partial charge on any atom is 0.0581 e. The van der Waals surface area contributed by atoms with Gasteiger partial charge in [-0.2, -0.15) is 16.9 Å². The highest BCUT2D eigenvalue weighted by Crippen LogP contribution is 2.28. The molecular formula is C12H23N3S. The van der Waals surface area contributed by atoms with Crippen LogP contribution >= 0.6 is 11.8 Å². The predicted octanol–water partition coefficient (Wildman–Crippen LogP) is 2.70. The zero-order valence-corrected chi connectivity index (χ0v) is 11.8. The van der Waals surface area contributed by atoms with E-state index in [1.165, 1.54) is 5.69 Å². The van der Waals surface area contributed by atoms with E-state index in [0.717, 1.165) is 12.3 Å². The molecule has 0 saturated carbocycles. The molecule has 0 amide bonds. The first-order chi connectivity index (χ1) is 7.48. The number of aromatic nitrogens is 2. The molecule has 1 heterocycles. The lowest BCUT2D eigenvalue weighted by Gasteiger charge is -2.23. The van der Waals surface area contributed by atoms with Crippen LogP contribution in [-0.2, 0) is 6.54 Å². The van der Waals surface area contributed by atoms with Crippen molar-refractivity contribution in [1.29, 1.82) is 0 Å². The molecule has 1 aromatic rings. The van der Waals surface area contributed by atoms with Crippen molar-refractivity contribution < 1.29 is 0 Å². The Morgan fingerprint density at radius 3 is 2.69 bits per heavy atom. The molecular weight excluding hydrogens is 218 g/mol. The van der Waals surface area contributed by atoms with Crippen LogP contribution in [0.3, 0.4) is 0 Å². The summed E-state index contributed by atoms with van der Waals surface area (Å²) in [4.78, 5) is 0. The summed E-state index contributed by atoms with van der Waals surface area (Å²) >= 11 is 1.98. The van der Waals surface area contributed by atoms with Crippen LogP contribution in [-0.4, -0.2) is 27.3 Å². The number of hydrogen-bond acceptors (Lipinski definition) is 3. The van der Waals surface area contributed by atoms with Crippen LogP contribution < -0.4 is 5.32 Å². The van der Waals surface area contributed by atoms with E-state index in [1.807, 2.05) is 25.0 Å². The van der Waals surface area contributed by atoms with Gasteiger partial charge >= 0.3 is 0 Å². The topological polar surface area (TPSA) is 29.9 Å². The van der Waals surface area contributed by atoms with Gasteiger partial charge in [0.2, 0.25) is 0 Å². The van der Waals surface area contributed by atoms with E-state index in [1.54, 1.807) is 0 Å². The van der Waals surface area contributed by atoms with Gasteiger partial charge in [-0.05, 0) is 20.0 Å². The summed E-state index contributed by atoms with van der Waals surface area (Å²) in [5.41, 5.74) is 1.28. The quantitative estimate of drug-likeness (QED) is 0.859. The molecule has 16 heavy (non-hydrogen) atoms. The van der Waals surface area contributed by atoms with Gasteiger partial charge in [0.25, 0.3) is 0 Å². The second kappa shape index (κ2) is 5.73. The van der Waals surface area contributed by atoms with Crippen LogP contribution in [0.5, 0.6) is 0 Å². The average Bonchev–Trinajstić information content (AvgIpc) is 2.65. The van der Waals surface area contributed by atoms with Crippen molar-refractivity contribution in [2.45, 2.75) is 45.0 Å². The van der Waals surface area contributed by atoms with Crippen molar-refractivity contribution in [2.75, 3.05) is 12.8 Å². The number of nitrogens with one attached hydrogen (secondary N) is 1. The Bertz CT molecular complexity index is 314. The molecule has 1 N–H and O–H groups in total. The minimum absolute atomic E-state index is 0.312. The molecule has 0 fully saturated rings. The van der Waals surface area contributed by atoms with Crippen LogP contribution in [0.25, 0.3) is 0 Å². The Labute approximate surface area is 103 Å². The van der Waals surface area contributed by atoms with Gasteiger partial charge in [-0.15, -0.1) is 0 Å². The van der Waals surface area contributed by atoms with Gasteiger partial charge in [-0.3, -0.25) is 4.68 Å². The summed E-state index contributed by atoms with van der Waals surface area (Å²) < 4.78 is 2.37. The number of nitrogens with zero attached hydrogens (tertiary/aromatic N) is 2. The average molecular weight is 241 g/mol. The maximum absolute atomic E-state index is 4.32. The van der Waals surface area contributed by atoms with Gasteiger partial charge in [-0.1, -0.05) is 20.8 Å². The lowest BCUT2D eigenvalue weighted by atomic mass is 10.2. The highest BCUT2D eigenvalue weighted by atomic mass is 32.2. The fraction of sp³-hybridized carbons (Fsp3) is 0.750. The molecule has 92 valence electrons. The Morgan fingerprint density at radius 2 is 2.19 bits per heavy atom. The van der Waals surface area contributed by atoms with E-state index in [4.69, 9.17) is 0 Å². The van der Waals surface area contributed by atoms with E-state index in [9.17, 15) is 0 Å². The Morgan fingerprint density at radius 1 is 1.50 bits per heavy atom. The molecule has 0 aliphatic heterocycles. The van der Waals surface area contributed by atoms with Crippen LogP contribution in [0.1, 0.15) is 39.4 Å². The third kappa shape index (κ3) is 3.83. The third-order valence-electron chi connectivity index (χ3n) is 2.44. The molecule has 0 bridgehead atoms. The lowest BCUT2D eigenvalue weighted by Crippen LogP contribution is -2.24. The van der Waals surface area contributed by atoms with Crippen LogP contribution in [0.4, 0.5) is 0 Å². The van der Waals surface area contributed by atoms with E-state index in [2.05, 4.69) is 48.9 Å². The fourth-order valence-corrected chi connectivity index (χ4v) is 2.56. The standard InChI is InChI=1S/C12H23N3S/c1-6-15-11(7-8-14-15)10(13-5)9-16-12(2,3)4/h7-8,10,13H,6,9H2,1-5H3. The van der Waals surface area contributed by atoms with Crippen molar-refractivity contribution in [3.8, 4) is 0 Å². The van der Waals surface area contributed by atoms with E-state index < -0.39 is 0 Å². The van der Waals surface area contributed by atoms with Crippen molar-refractivity contribution in [1.82, 2.24) is 15.1 Å². The van der Waals surface area contributed by atoms with E-state index >= 15 is 0 Å². The largest absolute Gasteiger partial charge is 0.311 e. The van der Waals surface area contributed by atoms with Crippen molar-refractivity contribution in [3.63, 3.8) is 0 Å². The highest BCUT2D eigenvalue weighted by Gasteiger charge is 2.18. The van der Waals surface area contributed by atoms with Gasteiger partial charge in [0.05, 0.1) is 11.7 Å². The third-order valence-corrected chi connectivity index (χ3v) is 3.80. The molecule has 1 unspecified atom stereocenters. The van der Waals surface area contributed by atoms with Crippen LogP contribution in [0, 0.1) is 0 Å². The predicted molar refractivity (Wildman–Crippen MR) is 71.9 cm³/mol. The second-order valence-corrected chi connectivity index (χ2v) is 6.68. The smallest absolute Gasteiger partial charge is 0.0581 e. The summed E-state index contributed by atoms with van der Waals surface area (Å²) in [5, 5.41) is 7.69. The van der Waals surface area contributed by atoms with Crippen molar-refractivity contribution in [3.05, 3.63) is 18.0 Å². The van der Waals surface area contributed by atoms with Gasteiger partial charge < -0.3 is 5.32 Å². The van der Waals surface area contributed by atoms with Gasteiger partial charge in [-0.25, -0.2) is 0 Å². The molecule has 1 rings (SSSR count). The maximum atomic E-state index is 4.32. The molecule has 0 saturated heterocycles. The first-order valence-corrected chi connectivity index (χ1v) is 6.79. The molecule has 0 radical (unpaired) electrons. The van der Waals surface area contributed by atoms with E-state index in [0.29, 0.717) is 10.8 Å². The number of thioether (sulfide) groups is 1. The molecule has 0 aliphatic rings. The fourth-order valence-electron chi connectivity index (χ4n) is 1.55. The van der Waals surface area contributed by atoms with Crippen molar-refractivity contribution >= 4 is 11.8 Å². The summed E-state index contributed by atoms with van der Waals surface area (Å²) in [6.07, 6.45) is 1.88. The Balaban J connectivity index is 2.67. The minimum atomic E-state index is 0.312. The summed E-state index contributed by atoms with van der Waals surface area (Å²) in [7, 11) is 2.01. The molecule has 1 aromatic heterocycles. The SMILES string of the molecule is CCn1nccc1C(CSC(C)(C)C)NC. The zero-order chi connectivity index (χ0) is 12.2. The van der Waals surface area contributed by atoms with Gasteiger partial charge in [0.15, 0.2) is 0 Å². The summed E-state index contributed by atoms with van der Waals surface area (Å²) in [6.45, 7) is 9.81.